The van der Waals surface area contributed by atoms with Gasteiger partial charge in [-0.15, -0.1) is 5.10 Å². The van der Waals surface area contributed by atoms with Crippen molar-refractivity contribution in [3.8, 4) is 11.3 Å². The molecule has 8 nitrogen and oxygen atoms in total. The summed E-state index contributed by atoms with van der Waals surface area (Å²) in [6.07, 6.45) is 8.93. The Balaban J connectivity index is 1.34. The second-order valence-electron chi connectivity index (χ2n) is 8.56. The van der Waals surface area contributed by atoms with Gasteiger partial charge in [-0.25, -0.2) is 23.0 Å². The van der Waals surface area contributed by atoms with E-state index in [1.54, 1.807) is 10.7 Å². The summed E-state index contributed by atoms with van der Waals surface area (Å²) in [7, 11) is 0. The van der Waals surface area contributed by atoms with Crippen LogP contribution in [0.1, 0.15) is 43.3 Å². The molecule has 2 saturated heterocycles. The maximum atomic E-state index is 14.5. The number of hydrogen-bond donors (Lipinski definition) is 0. The first-order valence-corrected chi connectivity index (χ1v) is 11.2. The van der Waals surface area contributed by atoms with Crippen LogP contribution < -0.4 is 4.90 Å². The zero-order valence-electron chi connectivity index (χ0n) is 17.9. The summed E-state index contributed by atoms with van der Waals surface area (Å²) in [4.78, 5) is 6.89. The zero-order valence-corrected chi connectivity index (χ0v) is 17.9. The van der Waals surface area contributed by atoms with E-state index in [9.17, 15) is 8.78 Å². The van der Waals surface area contributed by atoms with Crippen molar-refractivity contribution in [3.63, 3.8) is 0 Å². The highest BCUT2D eigenvalue weighted by Crippen LogP contribution is 2.37. The molecule has 0 radical (unpaired) electrons. The van der Waals surface area contributed by atoms with Crippen molar-refractivity contribution >= 4 is 11.5 Å². The summed E-state index contributed by atoms with van der Waals surface area (Å²) in [5.41, 5.74) is 2.50. The number of rotatable bonds is 4. The maximum Gasteiger partial charge on any atom is 0.166 e. The van der Waals surface area contributed by atoms with Crippen molar-refractivity contribution in [2.45, 2.75) is 37.8 Å². The van der Waals surface area contributed by atoms with Crippen LogP contribution in [0.25, 0.3) is 16.9 Å². The van der Waals surface area contributed by atoms with Crippen molar-refractivity contribution in [1.29, 1.82) is 0 Å². The summed E-state index contributed by atoms with van der Waals surface area (Å²) >= 11 is 0. The Kier molecular flexibility index (Phi) is 5.01. The molecule has 0 bridgehead atoms. The number of hydrogen-bond acceptors (Lipinski definition) is 6. The maximum absolute atomic E-state index is 14.5. The minimum absolute atomic E-state index is 0.267. The fourth-order valence-electron chi connectivity index (χ4n) is 4.86. The van der Waals surface area contributed by atoms with E-state index in [0.29, 0.717) is 29.3 Å². The first kappa shape index (κ1) is 20.2. The van der Waals surface area contributed by atoms with E-state index >= 15 is 0 Å². The second-order valence-corrected chi connectivity index (χ2v) is 8.56. The third-order valence-corrected chi connectivity index (χ3v) is 6.57. The molecule has 2 aliphatic rings. The Morgan fingerprint density at radius 1 is 1.06 bits per heavy atom. The van der Waals surface area contributed by atoms with E-state index in [2.05, 4.69) is 15.4 Å². The molecule has 1 unspecified atom stereocenters. The average Bonchev–Trinajstić information content (AvgIpc) is 3.60. The van der Waals surface area contributed by atoms with Gasteiger partial charge in [-0.1, -0.05) is 5.21 Å². The van der Waals surface area contributed by atoms with Gasteiger partial charge < -0.3 is 9.64 Å². The average molecular weight is 451 g/mol. The predicted octanol–water partition coefficient (Wildman–Crippen LogP) is 3.96. The van der Waals surface area contributed by atoms with Gasteiger partial charge in [0, 0.05) is 31.5 Å². The molecule has 2 fully saturated rings. The van der Waals surface area contributed by atoms with Crippen molar-refractivity contribution < 1.29 is 13.5 Å². The van der Waals surface area contributed by atoms with Gasteiger partial charge >= 0.3 is 0 Å². The van der Waals surface area contributed by atoms with E-state index in [1.165, 1.54) is 12.1 Å². The minimum atomic E-state index is -0.438. The zero-order chi connectivity index (χ0) is 22.4. The summed E-state index contributed by atoms with van der Waals surface area (Å²) in [5.74, 6) is -0.135. The summed E-state index contributed by atoms with van der Waals surface area (Å²) in [6, 6.07) is 5.49. The fourth-order valence-corrected chi connectivity index (χ4v) is 4.86. The van der Waals surface area contributed by atoms with Gasteiger partial charge in [0.2, 0.25) is 0 Å². The van der Waals surface area contributed by atoms with Crippen molar-refractivity contribution in [3.05, 3.63) is 60.1 Å². The van der Waals surface area contributed by atoms with Crippen LogP contribution in [0.2, 0.25) is 0 Å². The van der Waals surface area contributed by atoms with Crippen molar-refractivity contribution in [2.24, 2.45) is 0 Å². The molecule has 10 heteroatoms. The fraction of sp³-hybridized carbons (Fsp3) is 0.391. The minimum Gasteiger partial charge on any atom is -0.381 e. The molecular formula is C23H23F2N7O. The van der Waals surface area contributed by atoms with Crippen LogP contribution in [0.15, 0.2) is 42.9 Å². The molecular weight excluding hydrogens is 428 g/mol. The first-order chi connectivity index (χ1) is 16.2. The predicted molar refractivity (Wildman–Crippen MR) is 117 cm³/mol. The lowest BCUT2D eigenvalue weighted by atomic mass is 10.0. The van der Waals surface area contributed by atoms with Crippen molar-refractivity contribution in [2.75, 3.05) is 24.7 Å². The van der Waals surface area contributed by atoms with Crippen LogP contribution in [0, 0.1) is 11.6 Å². The Hall–Kier alpha value is -3.40. The van der Waals surface area contributed by atoms with Gasteiger partial charge in [0.15, 0.2) is 5.65 Å². The number of aromatic nitrogens is 6. The molecule has 4 aromatic rings. The monoisotopic (exact) mass is 451 g/mol. The molecule has 33 heavy (non-hydrogen) atoms. The lowest BCUT2D eigenvalue weighted by molar-refractivity contribution is 0.0657. The van der Waals surface area contributed by atoms with Crippen LogP contribution in [-0.4, -0.2) is 49.4 Å². The Morgan fingerprint density at radius 3 is 2.82 bits per heavy atom. The van der Waals surface area contributed by atoms with E-state index < -0.39 is 11.6 Å². The summed E-state index contributed by atoms with van der Waals surface area (Å²) in [6.45, 7) is 2.17. The molecule has 0 spiro atoms. The number of ether oxygens (including phenoxy) is 1. The van der Waals surface area contributed by atoms with E-state index in [-0.39, 0.29) is 12.1 Å². The lowest BCUT2D eigenvalue weighted by Crippen LogP contribution is -2.24. The highest BCUT2D eigenvalue weighted by atomic mass is 19.1. The summed E-state index contributed by atoms with van der Waals surface area (Å²) < 4.78 is 37.4. The topological polar surface area (TPSA) is 73.4 Å². The number of fused-ring (bicyclic) bond motifs is 1. The smallest absolute Gasteiger partial charge is 0.166 e. The number of anilines is 1. The first-order valence-electron chi connectivity index (χ1n) is 11.2. The van der Waals surface area contributed by atoms with Crippen molar-refractivity contribution in [1.82, 2.24) is 29.6 Å². The number of halogens is 2. The third kappa shape index (κ3) is 3.64. The molecule has 2 aliphatic heterocycles. The van der Waals surface area contributed by atoms with Crippen LogP contribution in [-0.2, 0) is 4.74 Å². The highest BCUT2D eigenvalue weighted by molar-refractivity contribution is 5.74. The standard InChI is InChI=1S/C23H23F2N7O/c24-15-3-4-19(25)17(12-15)21-2-1-8-30(21)22-5-9-31-23(27-22)18(13-26-31)20-14-32(29-28-20)16-6-10-33-11-7-16/h3-5,9,12-14,16,21H,1-2,6-8,10-11H2. The molecule has 0 N–H and O–H groups in total. The normalized spacial score (nSPS) is 19.6. The lowest BCUT2D eigenvalue weighted by Gasteiger charge is -2.26. The number of benzene rings is 1. The Bertz CT molecular complexity index is 1300. The SMILES string of the molecule is Fc1ccc(F)c(C2CCCN2c2ccn3ncc(-c4cn(C5CCOCC5)nn4)c3n2)c1. The molecule has 0 amide bonds. The van der Waals surface area contributed by atoms with Gasteiger partial charge in [0.05, 0.1) is 30.0 Å². The molecule has 0 saturated carbocycles. The van der Waals surface area contributed by atoms with E-state index in [1.807, 2.05) is 28.0 Å². The van der Waals surface area contributed by atoms with Gasteiger partial charge in [-0.2, -0.15) is 5.10 Å². The Morgan fingerprint density at radius 2 is 1.94 bits per heavy atom. The highest BCUT2D eigenvalue weighted by Gasteiger charge is 2.30. The van der Waals surface area contributed by atoms with E-state index in [4.69, 9.17) is 9.72 Å². The third-order valence-electron chi connectivity index (χ3n) is 6.57. The second kappa shape index (κ2) is 8.18. The molecule has 1 atom stereocenters. The van der Waals surface area contributed by atoms with Gasteiger partial charge in [0.1, 0.15) is 23.1 Å². The van der Waals surface area contributed by atoms with Crippen LogP contribution >= 0.6 is 0 Å². The molecule has 1 aromatic carbocycles. The van der Waals surface area contributed by atoms with Gasteiger partial charge in [-0.3, -0.25) is 0 Å². The molecule has 5 heterocycles. The molecule has 3 aromatic heterocycles. The Labute approximate surface area is 188 Å². The number of nitrogens with zero attached hydrogens (tertiary/aromatic N) is 7. The van der Waals surface area contributed by atoms with Gasteiger partial charge in [-0.05, 0) is 49.9 Å². The molecule has 0 aliphatic carbocycles. The summed E-state index contributed by atoms with van der Waals surface area (Å²) in [5, 5.41) is 13.1. The van der Waals surface area contributed by atoms with Crippen LogP contribution in [0.4, 0.5) is 14.6 Å². The van der Waals surface area contributed by atoms with Crippen LogP contribution in [0.5, 0.6) is 0 Å². The van der Waals surface area contributed by atoms with E-state index in [0.717, 1.165) is 50.5 Å². The van der Waals surface area contributed by atoms with Crippen LogP contribution in [0.3, 0.4) is 0 Å². The quantitative estimate of drug-likeness (QED) is 0.468. The van der Waals surface area contributed by atoms with Gasteiger partial charge in [0.25, 0.3) is 0 Å². The molecule has 170 valence electrons. The largest absolute Gasteiger partial charge is 0.381 e. The molecule has 6 rings (SSSR count).